The molecule has 0 bridgehead atoms. The molecular formula is C28H24N2O6. The van der Waals surface area contributed by atoms with Gasteiger partial charge in [0.05, 0.1) is 31.1 Å². The Balaban J connectivity index is 1.42. The van der Waals surface area contributed by atoms with Gasteiger partial charge in [-0.15, -0.1) is 0 Å². The van der Waals surface area contributed by atoms with Gasteiger partial charge in [0.15, 0.2) is 11.5 Å². The lowest BCUT2D eigenvalue weighted by atomic mass is 10.1. The van der Waals surface area contributed by atoms with Crippen LogP contribution in [0.5, 0.6) is 23.0 Å². The second-order valence-electron chi connectivity index (χ2n) is 7.67. The molecule has 0 saturated heterocycles. The van der Waals surface area contributed by atoms with Gasteiger partial charge in [-0.25, -0.2) is 10.2 Å². The number of aromatic hydroxyl groups is 1. The van der Waals surface area contributed by atoms with Crippen LogP contribution in [-0.2, 0) is 0 Å². The summed E-state index contributed by atoms with van der Waals surface area (Å²) >= 11 is 0. The quantitative estimate of drug-likeness (QED) is 0.159. The van der Waals surface area contributed by atoms with Crippen LogP contribution in [0, 0.1) is 0 Å². The zero-order valence-corrected chi connectivity index (χ0v) is 19.7. The van der Waals surface area contributed by atoms with Crippen LogP contribution in [0.2, 0.25) is 0 Å². The van der Waals surface area contributed by atoms with Gasteiger partial charge >= 0.3 is 5.97 Å². The van der Waals surface area contributed by atoms with Crippen molar-refractivity contribution in [3.8, 4) is 23.0 Å². The van der Waals surface area contributed by atoms with Crippen LogP contribution in [0.4, 0.5) is 0 Å². The van der Waals surface area contributed by atoms with E-state index in [9.17, 15) is 14.7 Å². The first-order valence-electron chi connectivity index (χ1n) is 11.2. The van der Waals surface area contributed by atoms with E-state index < -0.39 is 11.9 Å². The number of carbonyl (C=O) groups is 2. The summed E-state index contributed by atoms with van der Waals surface area (Å²) in [6, 6.07) is 22.0. The first kappa shape index (κ1) is 24.3. The molecule has 0 saturated carbocycles. The molecule has 36 heavy (non-hydrogen) atoms. The number of fused-ring (bicyclic) bond motifs is 1. The van der Waals surface area contributed by atoms with E-state index in [2.05, 4.69) is 10.5 Å². The Labute approximate surface area is 207 Å². The number of hydrazone groups is 1. The van der Waals surface area contributed by atoms with Crippen molar-refractivity contribution in [1.82, 2.24) is 5.43 Å². The molecular weight excluding hydrogens is 460 g/mol. The number of rotatable bonds is 8. The molecule has 0 heterocycles. The van der Waals surface area contributed by atoms with Gasteiger partial charge in [0.25, 0.3) is 5.91 Å². The number of carbonyl (C=O) groups excluding carboxylic acids is 2. The molecule has 0 unspecified atom stereocenters. The molecule has 4 rings (SSSR count). The summed E-state index contributed by atoms with van der Waals surface area (Å²) in [7, 11) is 1.45. The van der Waals surface area contributed by atoms with E-state index in [-0.39, 0.29) is 17.1 Å². The molecule has 8 nitrogen and oxygen atoms in total. The third-order valence-electron chi connectivity index (χ3n) is 5.28. The SMILES string of the molecule is CCOc1ccc(C(=O)Oc2ccc(/C=N/NC(=O)c3cc4ccccc4cc3O)cc2OC)cc1. The third-order valence-corrected chi connectivity index (χ3v) is 5.28. The van der Waals surface area contributed by atoms with Crippen molar-refractivity contribution < 1.29 is 28.9 Å². The van der Waals surface area contributed by atoms with Crippen molar-refractivity contribution in [2.45, 2.75) is 6.92 Å². The maximum Gasteiger partial charge on any atom is 0.343 e. The van der Waals surface area contributed by atoms with Crippen molar-refractivity contribution in [1.29, 1.82) is 0 Å². The number of nitrogens with one attached hydrogen (secondary N) is 1. The van der Waals surface area contributed by atoms with Gasteiger partial charge in [-0.1, -0.05) is 24.3 Å². The van der Waals surface area contributed by atoms with Gasteiger partial charge in [0, 0.05) is 0 Å². The van der Waals surface area contributed by atoms with Crippen molar-refractivity contribution >= 4 is 28.9 Å². The van der Waals surface area contributed by atoms with Crippen LogP contribution in [0.3, 0.4) is 0 Å². The molecule has 0 aliphatic heterocycles. The van der Waals surface area contributed by atoms with Crippen LogP contribution in [0.25, 0.3) is 10.8 Å². The summed E-state index contributed by atoms with van der Waals surface area (Å²) in [5.74, 6) is -0.0158. The van der Waals surface area contributed by atoms with E-state index in [1.54, 1.807) is 48.5 Å². The molecule has 4 aromatic carbocycles. The standard InChI is InChI=1S/C28H24N2O6/c1-3-35-22-11-9-19(10-12-22)28(33)36-25-13-8-18(14-26(25)34-2)17-29-30-27(32)23-15-20-6-4-5-7-21(20)16-24(23)31/h4-17,31H,3H2,1-2H3,(H,30,32)/b29-17+. The zero-order chi connectivity index (χ0) is 25.5. The average Bonchev–Trinajstić information content (AvgIpc) is 2.89. The normalized spacial score (nSPS) is 10.8. The molecule has 0 fully saturated rings. The number of phenols is 1. The summed E-state index contributed by atoms with van der Waals surface area (Å²) < 4.78 is 16.2. The Morgan fingerprint density at radius 1 is 0.944 bits per heavy atom. The van der Waals surface area contributed by atoms with Gasteiger partial charge in [-0.05, 0) is 77.9 Å². The molecule has 0 radical (unpaired) electrons. The highest BCUT2D eigenvalue weighted by atomic mass is 16.6. The molecule has 4 aromatic rings. The van der Waals surface area contributed by atoms with Crippen molar-refractivity contribution in [3.63, 3.8) is 0 Å². The second-order valence-corrected chi connectivity index (χ2v) is 7.67. The molecule has 0 aromatic heterocycles. The minimum atomic E-state index is -0.553. The number of esters is 1. The third kappa shape index (κ3) is 5.61. The number of ether oxygens (including phenoxy) is 3. The fourth-order valence-corrected chi connectivity index (χ4v) is 3.50. The highest BCUT2D eigenvalue weighted by Gasteiger charge is 2.14. The average molecular weight is 485 g/mol. The van der Waals surface area contributed by atoms with Crippen LogP contribution < -0.4 is 19.6 Å². The van der Waals surface area contributed by atoms with E-state index in [0.29, 0.717) is 29.2 Å². The number of benzene rings is 4. The van der Waals surface area contributed by atoms with Crippen molar-refractivity contribution in [3.05, 3.63) is 95.6 Å². The number of hydrogen-bond acceptors (Lipinski definition) is 7. The summed E-state index contributed by atoms with van der Waals surface area (Å²) in [5.41, 5.74) is 3.48. The zero-order valence-electron chi connectivity index (χ0n) is 19.7. The number of hydrogen-bond donors (Lipinski definition) is 2. The minimum Gasteiger partial charge on any atom is -0.507 e. The van der Waals surface area contributed by atoms with Gasteiger partial charge in [-0.3, -0.25) is 4.79 Å². The Bertz CT molecular complexity index is 1430. The Hall–Kier alpha value is -4.85. The number of phenolic OH excluding ortho intramolecular Hbond substituents is 1. The maximum atomic E-state index is 12.5. The number of methoxy groups -OCH3 is 1. The van der Waals surface area contributed by atoms with E-state index in [1.807, 2.05) is 31.2 Å². The monoisotopic (exact) mass is 484 g/mol. The van der Waals surface area contributed by atoms with E-state index in [4.69, 9.17) is 14.2 Å². The summed E-state index contributed by atoms with van der Waals surface area (Å²) in [4.78, 5) is 25.0. The summed E-state index contributed by atoms with van der Waals surface area (Å²) in [6.45, 7) is 2.42. The minimum absolute atomic E-state index is 0.111. The Kier molecular flexibility index (Phi) is 7.45. The molecule has 182 valence electrons. The van der Waals surface area contributed by atoms with Crippen molar-refractivity contribution in [2.75, 3.05) is 13.7 Å². The first-order chi connectivity index (χ1) is 17.5. The van der Waals surface area contributed by atoms with E-state index >= 15 is 0 Å². The highest BCUT2D eigenvalue weighted by Crippen LogP contribution is 2.29. The lowest BCUT2D eigenvalue weighted by Gasteiger charge is -2.10. The molecule has 0 spiro atoms. The van der Waals surface area contributed by atoms with E-state index in [1.165, 1.54) is 19.4 Å². The van der Waals surface area contributed by atoms with Crippen LogP contribution in [0.15, 0.2) is 84.0 Å². The fourth-order valence-electron chi connectivity index (χ4n) is 3.50. The topological polar surface area (TPSA) is 106 Å². The summed E-state index contributed by atoms with van der Waals surface area (Å²) in [5, 5.41) is 15.8. The Morgan fingerprint density at radius 3 is 2.36 bits per heavy atom. The predicted octanol–water partition coefficient (Wildman–Crippen LogP) is 4.94. The van der Waals surface area contributed by atoms with Gasteiger partial charge < -0.3 is 19.3 Å². The molecule has 1 amide bonds. The van der Waals surface area contributed by atoms with Crippen LogP contribution in [0.1, 0.15) is 33.2 Å². The molecule has 0 aliphatic carbocycles. The molecule has 2 N–H and O–H groups in total. The van der Waals surface area contributed by atoms with Crippen molar-refractivity contribution in [2.24, 2.45) is 5.10 Å². The lowest BCUT2D eigenvalue weighted by molar-refractivity contribution is 0.0729. The first-order valence-corrected chi connectivity index (χ1v) is 11.2. The van der Waals surface area contributed by atoms with E-state index in [0.717, 1.165) is 10.8 Å². The number of nitrogens with zero attached hydrogens (tertiary/aromatic N) is 1. The molecule has 0 atom stereocenters. The fraction of sp³-hybridized carbons (Fsp3) is 0.107. The van der Waals surface area contributed by atoms with Gasteiger partial charge in [0.1, 0.15) is 11.5 Å². The largest absolute Gasteiger partial charge is 0.507 e. The maximum absolute atomic E-state index is 12.5. The molecule has 0 aliphatic rings. The number of amides is 1. The van der Waals surface area contributed by atoms with Gasteiger partial charge in [-0.2, -0.15) is 5.10 Å². The second kappa shape index (κ2) is 11.1. The predicted molar refractivity (Wildman–Crippen MR) is 136 cm³/mol. The molecule has 8 heteroatoms. The lowest BCUT2D eigenvalue weighted by Crippen LogP contribution is -2.17. The highest BCUT2D eigenvalue weighted by molar-refractivity contribution is 6.01. The van der Waals surface area contributed by atoms with Crippen LogP contribution >= 0.6 is 0 Å². The van der Waals surface area contributed by atoms with Crippen LogP contribution in [-0.4, -0.2) is 36.9 Å². The Morgan fingerprint density at radius 2 is 1.67 bits per heavy atom. The van der Waals surface area contributed by atoms with Gasteiger partial charge in [0.2, 0.25) is 0 Å². The summed E-state index contributed by atoms with van der Waals surface area (Å²) in [6.07, 6.45) is 1.41. The smallest absolute Gasteiger partial charge is 0.343 e.